The Kier molecular flexibility index (Phi) is 1.79. The molecule has 3 aliphatic rings. The number of carbonyl (C=O) groups is 1. The maximum absolute atomic E-state index is 12.0. The Balaban J connectivity index is 1.72. The molecule has 0 radical (unpaired) electrons. The first-order valence-corrected chi connectivity index (χ1v) is 6.30. The fourth-order valence-electron chi connectivity index (χ4n) is 3.93. The van der Waals surface area contributed by atoms with Crippen LogP contribution < -0.4 is 5.43 Å². The number of nitrogens with zero attached hydrogens (tertiary/aromatic N) is 1. The van der Waals surface area contributed by atoms with Gasteiger partial charge in [-0.2, -0.15) is 0 Å². The maximum Gasteiger partial charge on any atom is 0.284 e. The summed E-state index contributed by atoms with van der Waals surface area (Å²) in [6.07, 6.45) is 7.30. The molecule has 1 aromatic rings. The van der Waals surface area contributed by atoms with Crippen molar-refractivity contribution in [2.24, 2.45) is 17.8 Å². The van der Waals surface area contributed by atoms with Crippen molar-refractivity contribution in [3.63, 3.8) is 0 Å². The average Bonchev–Trinajstić information content (AvgIpc) is 3.04. The molecular formula is C13H15N2O2+. The molecule has 2 bridgehead atoms. The predicted molar refractivity (Wildman–Crippen MR) is 60.4 cm³/mol. The molecule has 4 nitrogen and oxygen atoms in total. The fourth-order valence-corrected chi connectivity index (χ4v) is 3.93. The summed E-state index contributed by atoms with van der Waals surface area (Å²) in [5.74, 6) is 2.49. The number of rotatable bonds is 1. The average molecular weight is 231 g/mol. The van der Waals surface area contributed by atoms with Crippen LogP contribution in [-0.2, 0) is 4.79 Å². The largest absolute Gasteiger partial charge is 0.459 e. The van der Waals surface area contributed by atoms with E-state index in [1.807, 2.05) is 23.0 Å². The number of carbonyl (C=O) groups excluding carboxylic acids is 1. The van der Waals surface area contributed by atoms with Gasteiger partial charge in [0.05, 0.1) is 6.26 Å². The van der Waals surface area contributed by atoms with Gasteiger partial charge in [-0.25, -0.2) is 0 Å². The molecule has 4 atom stereocenters. The first kappa shape index (κ1) is 9.45. The van der Waals surface area contributed by atoms with Crippen LogP contribution in [0.15, 0.2) is 22.8 Å². The molecule has 88 valence electrons. The summed E-state index contributed by atoms with van der Waals surface area (Å²) in [6, 6.07) is 4.13. The number of hydrazine groups is 1. The highest BCUT2D eigenvalue weighted by molar-refractivity contribution is 5.82. The molecule has 1 N–H and O–H groups in total. The van der Waals surface area contributed by atoms with Crippen LogP contribution in [0.3, 0.4) is 0 Å². The van der Waals surface area contributed by atoms with E-state index in [1.54, 1.807) is 6.26 Å². The predicted octanol–water partition coefficient (Wildman–Crippen LogP) is 1.17. The first-order valence-electron chi connectivity index (χ1n) is 6.30. The van der Waals surface area contributed by atoms with Gasteiger partial charge in [-0.15, -0.1) is 10.1 Å². The molecule has 17 heavy (non-hydrogen) atoms. The number of nitrogens with one attached hydrogen (secondary N) is 1. The van der Waals surface area contributed by atoms with E-state index in [4.69, 9.17) is 4.42 Å². The van der Waals surface area contributed by atoms with E-state index in [9.17, 15) is 4.79 Å². The molecule has 0 spiro atoms. The van der Waals surface area contributed by atoms with Crippen molar-refractivity contribution in [1.29, 1.82) is 0 Å². The molecular weight excluding hydrogens is 216 g/mol. The second-order valence-corrected chi connectivity index (χ2v) is 5.38. The Morgan fingerprint density at radius 1 is 1.41 bits per heavy atom. The number of amides is 1. The van der Waals surface area contributed by atoms with Crippen LogP contribution in [0, 0.1) is 17.8 Å². The normalized spacial score (nSPS) is 40.9. The Bertz CT molecular complexity index is 492. The standard InChI is InChI=1S/C13H14N2O2/c16-13-11-8-3-4-9(6-8)12(11)15(14-13)7-10-2-1-5-17-10/h1-2,5,7-9,11-12H,3-4,6H2/p+1/b15-7-/t8-,9+,11?,12-/m1/s1. The third kappa shape index (κ3) is 1.24. The van der Waals surface area contributed by atoms with Gasteiger partial charge in [-0.1, -0.05) is 0 Å². The van der Waals surface area contributed by atoms with Crippen LogP contribution in [0.1, 0.15) is 25.0 Å². The highest BCUT2D eigenvalue weighted by Crippen LogP contribution is 2.51. The van der Waals surface area contributed by atoms with Gasteiger partial charge in [0.1, 0.15) is 5.92 Å². The molecule has 0 aromatic carbocycles. The molecule has 2 saturated carbocycles. The van der Waals surface area contributed by atoms with E-state index in [1.165, 1.54) is 19.3 Å². The summed E-state index contributed by atoms with van der Waals surface area (Å²) in [5, 5.41) is 0. The Morgan fingerprint density at radius 3 is 3.12 bits per heavy atom. The maximum atomic E-state index is 12.0. The van der Waals surface area contributed by atoms with Crippen LogP contribution >= 0.6 is 0 Å². The van der Waals surface area contributed by atoms with Crippen LogP contribution in [0.2, 0.25) is 0 Å². The van der Waals surface area contributed by atoms with Crippen molar-refractivity contribution < 1.29 is 13.9 Å². The minimum Gasteiger partial charge on any atom is -0.459 e. The molecule has 2 aliphatic carbocycles. The fraction of sp³-hybridized carbons (Fsp3) is 0.538. The van der Waals surface area contributed by atoms with Crippen molar-refractivity contribution in [2.75, 3.05) is 0 Å². The lowest BCUT2D eigenvalue weighted by Crippen LogP contribution is -2.34. The topological polar surface area (TPSA) is 45.2 Å². The summed E-state index contributed by atoms with van der Waals surface area (Å²) in [6.45, 7) is 0. The highest BCUT2D eigenvalue weighted by atomic mass is 16.3. The minimum atomic E-state index is 0.199. The van der Waals surface area contributed by atoms with Crippen molar-refractivity contribution in [3.8, 4) is 0 Å². The Morgan fingerprint density at radius 2 is 2.29 bits per heavy atom. The smallest absolute Gasteiger partial charge is 0.284 e. The molecule has 1 unspecified atom stereocenters. The van der Waals surface area contributed by atoms with E-state index in [-0.39, 0.29) is 11.8 Å². The lowest BCUT2D eigenvalue weighted by Gasteiger charge is -2.16. The molecule has 1 amide bonds. The molecule has 3 fully saturated rings. The van der Waals surface area contributed by atoms with Crippen LogP contribution in [0.25, 0.3) is 0 Å². The van der Waals surface area contributed by atoms with Gasteiger partial charge in [0, 0.05) is 5.92 Å². The van der Waals surface area contributed by atoms with Gasteiger partial charge >= 0.3 is 0 Å². The summed E-state index contributed by atoms with van der Waals surface area (Å²) in [4.78, 5) is 12.0. The van der Waals surface area contributed by atoms with E-state index in [2.05, 4.69) is 5.43 Å². The summed E-state index contributed by atoms with van der Waals surface area (Å²) in [7, 11) is 0. The molecule has 1 saturated heterocycles. The van der Waals surface area contributed by atoms with Crippen molar-refractivity contribution in [2.45, 2.75) is 25.3 Å². The second-order valence-electron chi connectivity index (χ2n) is 5.38. The number of furan rings is 1. The lowest BCUT2D eigenvalue weighted by atomic mass is 9.85. The van der Waals surface area contributed by atoms with Gasteiger partial charge < -0.3 is 4.42 Å². The second kappa shape index (κ2) is 3.22. The van der Waals surface area contributed by atoms with Crippen molar-refractivity contribution >= 4 is 12.1 Å². The summed E-state index contributed by atoms with van der Waals surface area (Å²) < 4.78 is 7.29. The Labute approximate surface area is 99.3 Å². The Hall–Kier alpha value is -1.58. The van der Waals surface area contributed by atoms with Crippen LogP contribution in [0.4, 0.5) is 0 Å². The van der Waals surface area contributed by atoms with Crippen LogP contribution in [0.5, 0.6) is 0 Å². The molecule has 1 aliphatic heterocycles. The van der Waals surface area contributed by atoms with Gasteiger partial charge in [0.15, 0.2) is 11.8 Å². The third-order valence-corrected chi connectivity index (χ3v) is 4.55. The van der Waals surface area contributed by atoms with Gasteiger partial charge in [0.25, 0.3) is 5.91 Å². The number of hydrazone groups is 1. The van der Waals surface area contributed by atoms with Gasteiger partial charge in [-0.05, 0) is 37.3 Å². The third-order valence-electron chi connectivity index (χ3n) is 4.55. The monoisotopic (exact) mass is 231 g/mol. The zero-order valence-corrected chi connectivity index (χ0v) is 9.50. The van der Waals surface area contributed by atoms with E-state index < -0.39 is 0 Å². The lowest BCUT2D eigenvalue weighted by molar-refractivity contribution is -0.598. The summed E-state index contributed by atoms with van der Waals surface area (Å²) in [5.41, 5.74) is 2.97. The summed E-state index contributed by atoms with van der Waals surface area (Å²) >= 11 is 0. The van der Waals surface area contributed by atoms with E-state index in [0.717, 1.165) is 5.76 Å². The van der Waals surface area contributed by atoms with E-state index in [0.29, 0.717) is 17.9 Å². The number of fused-ring (bicyclic) bond motifs is 5. The molecule has 2 heterocycles. The van der Waals surface area contributed by atoms with Crippen molar-refractivity contribution in [3.05, 3.63) is 24.2 Å². The number of hydrogen-bond acceptors (Lipinski definition) is 2. The zero-order valence-electron chi connectivity index (χ0n) is 9.50. The van der Waals surface area contributed by atoms with E-state index >= 15 is 0 Å². The quantitative estimate of drug-likeness (QED) is 0.737. The van der Waals surface area contributed by atoms with Gasteiger partial charge in [-0.3, -0.25) is 4.79 Å². The minimum absolute atomic E-state index is 0.199. The highest BCUT2D eigenvalue weighted by Gasteiger charge is 2.61. The molecule has 1 aromatic heterocycles. The van der Waals surface area contributed by atoms with Crippen LogP contribution in [-0.4, -0.2) is 22.8 Å². The molecule has 4 rings (SSSR count). The SMILES string of the molecule is O=C1N/[N+](=C\c2ccco2)[C@H]2C1[C@@H]1CC[C@H]2C1. The van der Waals surface area contributed by atoms with Crippen molar-refractivity contribution in [1.82, 2.24) is 5.43 Å². The first-order chi connectivity index (χ1) is 8.33. The zero-order chi connectivity index (χ0) is 11.4. The van der Waals surface area contributed by atoms with Gasteiger partial charge in [0.2, 0.25) is 6.21 Å². The number of hydrogen-bond donors (Lipinski definition) is 1. The molecule has 4 heteroatoms.